The Balaban J connectivity index is 4.52. The molecule has 0 amide bonds. The van der Waals surface area contributed by atoms with Crippen LogP contribution in [0.2, 0.25) is 13.3 Å². The molecule has 0 N–H and O–H groups in total. The van der Waals surface area contributed by atoms with E-state index in [1.807, 2.05) is 0 Å². The first-order valence-electron chi connectivity index (χ1n) is 6.97. The van der Waals surface area contributed by atoms with Crippen LogP contribution in [-0.2, 0) is 0 Å². The van der Waals surface area contributed by atoms with E-state index in [1.54, 1.807) is 0 Å². The van der Waals surface area contributed by atoms with Crippen molar-refractivity contribution in [2.75, 3.05) is 0 Å². The predicted molar refractivity (Wildman–Crippen MR) is 75.1 cm³/mol. The number of hydrogen-bond acceptors (Lipinski definition) is 0. The molecule has 0 aromatic rings. The predicted octanol–water partition coefficient (Wildman–Crippen LogP) is 5.86. The van der Waals surface area contributed by atoms with Crippen molar-refractivity contribution in [3.63, 3.8) is 0 Å². The van der Waals surface area contributed by atoms with E-state index in [0.717, 1.165) is 0 Å². The van der Waals surface area contributed by atoms with Crippen LogP contribution < -0.4 is 0 Å². The minimum atomic E-state index is -2.61. The van der Waals surface area contributed by atoms with Gasteiger partial charge in [0.25, 0.3) is 0 Å². The molecule has 0 aliphatic rings. The van der Waals surface area contributed by atoms with Crippen molar-refractivity contribution in [3.8, 4) is 0 Å². The molecule has 0 aliphatic carbocycles. The quantitative estimate of drug-likeness (QED) is 0.439. The molecule has 0 aromatic carbocycles. The van der Waals surface area contributed by atoms with Crippen LogP contribution in [0.4, 0.5) is 4.39 Å². The molecule has 0 radical (unpaired) electrons. The van der Waals surface area contributed by atoms with Gasteiger partial charge in [-0.2, -0.15) is 0 Å². The van der Waals surface area contributed by atoms with Crippen molar-refractivity contribution in [3.05, 3.63) is 10.4 Å². The second-order valence-electron chi connectivity index (χ2n) is 5.00. The van der Waals surface area contributed by atoms with Crippen LogP contribution >= 0.6 is 0 Å². The molecular weight excluding hydrogens is 306 g/mol. The Labute approximate surface area is 106 Å². The number of rotatable bonds is 10. The Morgan fingerprint density at radius 2 is 1.19 bits per heavy atom. The molecule has 0 aliphatic heterocycles. The fourth-order valence-electron chi connectivity index (χ4n) is 2.33. The Kier molecular flexibility index (Phi) is 9.77. The van der Waals surface area contributed by atoms with Gasteiger partial charge in [-0.3, -0.25) is 0 Å². The second kappa shape index (κ2) is 9.49. The molecule has 96 valence electrons. The van der Waals surface area contributed by atoms with Crippen molar-refractivity contribution in [1.82, 2.24) is 0 Å². The summed E-state index contributed by atoms with van der Waals surface area (Å²) in [5.41, 5.74) is 0. The van der Waals surface area contributed by atoms with Crippen molar-refractivity contribution < 1.29 is 4.39 Å². The monoisotopic (exact) mass is 336 g/mol. The molecule has 0 rings (SSSR count). The van der Waals surface area contributed by atoms with Crippen LogP contribution in [0.15, 0.2) is 10.4 Å². The summed E-state index contributed by atoms with van der Waals surface area (Å²) in [5.74, 6) is 0. The first-order chi connectivity index (χ1) is 7.63. The van der Waals surface area contributed by atoms with Gasteiger partial charge in [-0.15, -0.1) is 0 Å². The molecule has 16 heavy (non-hydrogen) atoms. The normalized spacial score (nSPS) is 11.8. The molecule has 0 aromatic heterocycles. The zero-order valence-electron chi connectivity index (χ0n) is 11.4. The fraction of sp³-hybridized carbons (Fsp3) is 0.857. The van der Waals surface area contributed by atoms with E-state index in [1.165, 1.54) is 51.8 Å². The first kappa shape index (κ1) is 16.5. The van der Waals surface area contributed by atoms with Crippen molar-refractivity contribution in [1.29, 1.82) is 0 Å². The Morgan fingerprint density at radius 1 is 0.875 bits per heavy atom. The fourth-order valence-corrected chi connectivity index (χ4v) is 15.6. The van der Waals surface area contributed by atoms with Crippen LogP contribution in [0, 0.1) is 0 Å². The summed E-state index contributed by atoms with van der Waals surface area (Å²) in [6.45, 7) is 10.3. The number of unbranched alkanes of at least 4 members (excludes halogenated alkanes) is 3. The van der Waals surface area contributed by atoms with Crippen LogP contribution in [0.25, 0.3) is 0 Å². The van der Waals surface area contributed by atoms with Crippen molar-refractivity contribution >= 4 is 18.4 Å². The van der Waals surface area contributed by atoms with Gasteiger partial charge in [-0.25, -0.2) is 0 Å². The van der Waals surface area contributed by atoms with E-state index in [0.29, 0.717) is 0 Å². The van der Waals surface area contributed by atoms with E-state index >= 15 is 0 Å². The number of halogens is 1. The van der Waals surface area contributed by atoms with Crippen LogP contribution in [0.5, 0.6) is 0 Å². The first-order valence-corrected chi connectivity index (χ1v) is 14.5. The van der Waals surface area contributed by atoms with Crippen molar-refractivity contribution in [2.24, 2.45) is 0 Å². The van der Waals surface area contributed by atoms with Crippen LogP contribution in [0.3, 0.4) is 0 Å². The molecule has 0 unspecified atom stereocenters. The van der Waals surface area contributed by atoms with Crippen molar-refractivity contribution in [2.45, 2.75) is 72.6 Å². The van der Waals surface area contributed by atoms with Gasteiger partial charge in [0.1, 0.15) is 0 Å². The summed E-state index contributed by atoms with van der Waals surface area (Å²) >= 11 is -2.61. The van der Waals surface area contributed by atoms with Gasteiger partial charge in [0, 0.05) is 0 Å². The summed E-state index contributed by atoms with van der Waals surface area (Å²) in [5, 5.41) is 0. The van der Waals surface area contributed by atoms with Gasteiger partial charge in [0.05, 0.1) is 0 Å². The molecule has 0 bridgehead atoms. The average Bonchev–Trinajstić information content (AvgIpc) is 2.28. The number of hydrogen-bond donors (Lipinski definition) is 0. The molecule has 2 heteroatoms. The van der Waals surface area contributed by atoms with E-state index in [2.05, 4.69) is 27.4 Å². The Hall–Kier alpha value is 0.469. The maximum absolute atomic E-state index is 13.9. The topological polar surface area (TPSA) is 0 Å². The Bertz CT molecular complexity index is 167. The van der Waals surface area contributed by atoms with Gasteiger partial charge in [-0.1, -0.05) is 0 Å². The third kappa shape index (κ3) is 5.69. The zero-order chi connectivity index (χ0) is 12.4. The average molecular weight is 335 g/mol. The second-order valence-corrected chi connectivity index (χ2v) is 18.1. The summed E-state index contributed by atoms with van der Waals surface area (Å²) in [7, 11) is 0. The Morgan fingerprint density at radius 3 is 1.38 bits per heavy atom. The van der Waals surface area contributed by atoms with Gasteiger partial charge in [0.2, 0.25) is 0 Å². The van der Waals surface area contributed by atoms with Gasteiger partial charge in [-0.05, 0) is 0 Å². The minimum absolute atomic E-state index is 0.143. The third-order valence-electron chi connectivity index (χ3n) is 3.60. The molecule has 0 saturated heterocycles. The molecule has 0 nitrogen and oxygen atoms in total. The molecule has 0 heterocycles. The van der Waals surface area contributed by atoms with Crippen LogP contribution in [0.1, 0.15) is 59.3 Å². The SMILES string of the molecule is C=[C](F)[Sn]([CH2]CCC)([CH2]CCC)[CH2]CCC. The molecule has 0 saturated carbocycles. The molecular formula is C14H29FSn. The standard InChI is InChI=1S/3C4H9.C2H2F.Sn/c3*1-3-4-2;1-2-3;/h3*1,3-4H2,2H3;1H2;. The third-order valence-corrected chi connectivity index (χ3v) is 18.1. The van der Waals surface area contributed by atoms with Gasteiger partial charge >= 0.3 is 106 Å². The summed E-state index contributed by atoms with van der Waals surface area (Å²) in [6, 6.07) is 0. The summed E-state index contributed by atoms with van der Waals surface area (Å²) in [4.78, 5) is 0. The maximum atomic E-state index is 13.9. The van der Waals surface area contributed by atoms with E-state index < -0.39 is 18.4 Å². The van der Waals surface area contributed by atoms with E-state index in [4.69, 9.17) is 0 Å². The summed E-state index contributed by atoms with van der Waals surface area (Å²) < 4.78 is 17.6. The van der Waals surface area contributed by atoms with E-state index in [-0.39, 0.29) is 3.84 Å². The molecule has 0 atom stereocenters. The zero-order valence-corrected chi connectivity index (χ0v) is 14.3. The molecule has 0 fully saturated rings. The summed E-state index contributed by atoms with van der Waals surface area (Å²) in [6.07, 6.45) is 7.24. The van der Waals surface area contributed by atoms with Crippen LogP contribution in [-0.4, -0.2) is 18.4 Å². The molecule has 0 spiro atoms. The van der Waals surface area contributed by atoms with Gasteiger partial charge in [0.15, 0.2) is 0 Å². The van der Waals surface area contributed by atoms with Gasteiger partial charge < -0.3 is 0 Å². The van der Waals surface area contributed by atoms with E-state index in [9.17, 15) is 4.39 Å².